The van der Waals surface area contributed by atoms with Crippen molar-refractivity contribution >= 4 is 5.91 Å². The van der Waals surface area contributed by atoms with Gasteiger partial charge in [0.25, 0.3) is 0 Å². The second-order valence-electron chi connectivity index (χ2n) is 5.14. The van der Waals surface area contributed by atoms with Crippen LogP contribution in [0.1, 0.15) is 39.0 Å². The Morgan fingerprint density at radius 3 is 2.41 bits per heavy atom. The summed E-state index contributed by atoms with van der Waals surface area (Å²) in [7, 11) is 2.01. The summed E-state index contributed by atoms with van der Waals surface area (Å²) in [6.07, 6.45) is 5.80. The summed E-state index contributed by atoms with van der Waals surface area (Å²) in [4.78, 5) is 16.3. The van der Waals surface area contributed by atoms with Crippen LogP contribution in [0.4, 0.5) is 0 Å². The highest BCUT2D eigenvalue weighted by atomic mass is 16.2. The Labute approximate surface area is 105 Å². The van der Waals surface area contributed by atoms with Crippen LogP contribution in [-0.2, 0) is 4.79 Å². The van der Waals surface area contributed by atoms with Crippen molar-refractivity contribution < 1.29 is 4.79 Å². The van der Waals surface area contributed by atoms with E-state index in [0.717, 1.165) is 32.4 Å². The standard InChI is InChI=1S/C13H27N3O/c1-12(7-8-14)15(2)11-13(17)16-9-5-3-4-6-10-16/h12H,3-11,14H2,1-2H3. The Kier molecular flexibility index (Phi) is 6.52. The predicted octanol–water partition coefficient (Wildman–Crippen LogP) is 1.06. The van der Waals surface area contributed by atoms with Gasteiger partial charge in [0.2, 0.25) is 5.91 Å². The van der Waals surface area contributed by atoms with E-state index in [1.165, 1.54) is 12.8 Å². The monoisotopic (exact) mass is 241 g/mol. The average Bonchev–Trinajstić information content (AvgIpc) is 2.57. The molecular weight excluding hydrogens is 214 g/mol. The Balaban J connectivity index is 2.36. The van der Waals surface area contributed by atoms with E-state index < -0.39 is 0 Å². The molecule has 0 aromatic carbocycles. The number of likely N-dealkylation sites (N-methyl/N-ethyl adjacent to an activating group) is 1. The predicted molar refractivity (Wildman–Crippen MR) is 70.8 cm³/mol. The maximum Gasteiger partial charge on any atom is 0.236 e. The van der Waals surface area contributed by atoms with Crippen molar-refractivity contribution in [1.82, 2.24) is 9.80 Å². The maximum atomic E-state index is 12.1. The third-order valence-electron chi connectivity index (χ3n) is 3.68. The summed E-state index contributed by atoms with van der Waals surface area (Å²) in [5.74, 6) is 0.276. The van der Waals surface area contributed by atoms with Crippen LogP contribution in [0.15, 0.2) is 0 Å². The summed E-state index contributed by atoms with van der Waals surface area (Å²) < 4.78 is 0. The van der Waals surface area contributed by atoms with Crippen LogP contribution in [0.2, 0.25) is 0 Å². The van der Waals surface area contributed by atoms with Gasteiger partial charge in [0, 0.05) is 19.1 Å². The first-order valence-electron chi connectivity index (χ1n) is 6.83. The van der Waals surface area contributed by atoms with Gasteiger partial charge in [-0.25, -0.2) is 0 Å². The molecule has 0 spiro atoms. The van der Waals surface area contributed by atoms with Crippen molar-refractivity contribution in [3.63, 3.8) is 0 Å². The van der Waals surface area contributed by atoms with Gasteiger partial charge in [-0.05, 0) is 39.8 Å². The summed E-state index contributed by atoms with van der Waals surface area (Å²) in [6.45, 7) is 5.23. The number of nitrogens with zero attached hydrogens (tertiary/aromatic N) is 2. The molecule has 1 rings (SSSR count). The molecule has 4 nitrogen and oxygen atoms in total. The lowest BCUT2D eigenvalue weighted by atomic mass is 10.2. The molecule has 0 radical (unpaired) electrons. The molecule has 2 N–H and O–H groups in total. The van der Waals surface area contributed by atoms with Crippen molar-refractivity contribution in [1.29, 1.82) is 0 Å². The average molecular weight is 241 g/mol. The Morgan fingerprint density at radius 2 is 1.88 bits per heavy atom. The van der Waals surface area contributed by atoms with E-state index in [2.05, 4.69) is 11.8 Å². The molecule has 17 heavy (non-hydrogen) atoms. The van der Waals surface area contributed by atoms with Crippen LogP contribution in [-0.4, -0.2) is 55.0 Å². The van der Waals surface area contributed by atoms with E-state index in [9.17, 15) is 4.79 Å². The molecule has 1 heterocycles. The zero-order valence-electron chi connectivity index (χ0n) is 11.3. The van der Waals surface area contributed by atoms with Gasteiger partial charge in [0.15, 0.2) is 0 Å². The Hall–Kier alpha value is -0.610. The van der Waals surface area contributed by atoms with E-state index in [0.29, 0.717) is 19.1 Å². The van der Waals surface area contributed by atoms with Gasteiger partial charge in [-0.2, -0.15) is 0 Å². The summed E-state index contributed by atoms with van der Waals surface area (Å²) >= 11 is 0. The highest BCUT2D eigenvalue weighted by Crippen LogP contribution is 2.10. The van der Waals surface area contributed by atoms with E-state index in [1.54, 1.807) is 0 Å². The Morgan fingerprint density at radius 1 is 1.29 bits per heavy atom. The van der Waals surface area contributed by atoms with Gasteiger partial charge >= 0.3 is 0 Å². The highest BCUT2D eigenvalue weighted by molar-refractivity contribution is 5.78. The van der Waals surface area contributed by atoms with Crippen LogP contribution in [0.3, 0.4) is 0 Å². The van der Waals surface area contributed by atoms with Gasteiger partial charge < -0.3 is 10.6 Å². The Bertz CT molecular complexity index is 225. The summed E-state index contributed by atoms with van der Waals surface area (Å²) in [5.41, 5.74) is 5.54. The number of hydrogen-bond acceptors (Lipinski definition) is 3. The molecule has 0 aromatic rings. The first kappa shape index (κ1) is 14.5. The van der Waals surface area contributed by atoms with E-state index in [1.807, 2.05) is 11.9 Å². The summed E-state index contributed by atoms with van der Waals surface area (Å²) in [6, 6.07) is 0.385. The molecule has 1 aliphatic rings. The summed E-state index contributed by atoms with van der Waals surface area (Å²) in [5, 5.41) is 0. The van der Waals surface area contributed by atoms with Crippen molar-refractivity contribution in [3.8, 4) is 0 Å². The number of amides is 1. The van der Waals surface area contributed by atoms with Gasteiger partial charge in [-0.15, -0.1) is 0 Å². The molecule has 1 saturated heterocycles. The molecular formula is C13H27N3O. The molecule has 1 amide bonds. The minimum absolute atomic E-state index is 0.276. The lowest BCUT2D eigenvalue weighted by molar-refractivity contribution is -0.132. The van der Waals surface area contributed by atoms with Crippen molar-refractivity contribution in [3.05, 3.63) is 0 Å². The first-order chi connectivity index (χ1) is 8.15. The smallest absolute Gasteiger partial charge is 0.236 e. The van der Waals surface area contributed by atoms with Crippen molar-refractivity contribution in [2.24, 2.45) is 5.73 Å². The zero-order chi connectivity index (χ0) is 12.7. The third kappa shape index (κ3) is 5.04. The molecule has 1 fully saturated rings. The van der Waals surface area contributed by atoms with Crippen LogP contribution < -0.4 is 5.73 Å². The molecule has 0 saturated carbocycles. The number of hydrogen-bond donors (Lipinski definition) is 1. The zero-order valence-corrected chi connectivity index (χ0v) is 11.3. The second kappa shape index (κ2) is 7.67. The molecule has 0 aliphatic carbocycles. The fourth-order valence-electron chi connectivity index (χ4n) is 2.25. The number of carbonyl (C=O) groups excluding carboxylic acids is 1. The van der Waals surface area contributed by atoms with Crippen LogP contribution in [0, 0.1) is 0 Å². The SMILES string of the molecule is CC(CCN)N(C)CC(=O)N1CCCCCC1. The maximum absolute atomic E-state index is 12.1. The molecule has 4 heteroatoms. The molecule has 1 aliphatic heterocycles. The quantitative estimate of drug-likeness (QED) is 0.783. The second-order valence-corrected chi connectivity index (χ2v) is 5.14. The van der Waals surface area contributed by atoms with Crippen LogP contribution >= 0.6 is 0 Å². The van der Waals surface area contributed by atoms with Crippen molar-refractivity contribution in [2.45, 2.75) is 45.1 Å². The lowest BCUT2D eigenvalue weighted by Gasteiger charge is -2.27. The minimum Gasteiger partial charge on any atom is -0.342 e. The van der Waals surface area contributed by atoms with Gasteiger partial charge in [-0.1, -0.05) is 12.8 Å². The van der Waals surface area contributed by atoms with Gasteiger partial charge in [-0.3, -0.25) is 9.69 Å². The van der Waals surface area contributed by atoms with E-state index >= 15 is 0 Å². The van der Waals surface area contributed by atoms with Crippen molar-refractivity contribution in [2.75, 3.05) is 33.2 Å². The number of carbonyl (C=O) groups is 1. The molecule has 1 unspecified atom stereocenters. The van der Waals surface area contributed by atoms with E-state index in [-0.39, 0.29) is 5.91 Å². The first-order valence-corrected chi connectivity index (χ1v) is 6.83. The molecule has 0 aromatic heterocycles. The van der Waals surface area contributed by atoms with Crippen LogP contribution in [0.25, 0.3) is 0 Å². The lowest BCUT2D eigenvalue weighted by Crippen LogP contribution is -2.42. The number of nitrogens with two attached hydrogens (primary N) is 1. The highest BCUT2D eigenvalue weighted by Gasteiger charge is 2.18. The van der Waals surface area contributed by atoms with E-state index in [4.69, 9.17) is 5.73 Å². The molecule has 100 valence electrons. The normalized spacial score (nSPS) is 19.2. The fourth-order valence-corrected chi connectivity index (χ4v) is 2.25. The minimum atomic E-state index is 0.276. The largest absolute Gasteiger partial charge is 0.342 e. The van der Waals surface area contributed by atoms with Gasteiger partial charge in [0.05, 0.1) is 6.54 Å². The molecule has 1 atom stereocenters. The molecule has 0 bridgehead atoms. The number of rotatable bonds is 5. The van der Waals surface area contributed by atoms with Crippen LogP contribution in [0.5, 0.6) is 0 Å². The van der Waals surface area contributed by atoms with Gasteiger partial charge in [0.1, 0.15) is 0 Å². The number of likely N-dealkylation sites (tertiary alicyclic amines) is 1. The third-order valence-corrected chi connectivity index (χ3v) is 3.68. The fraction of sp³-hybridized carbons (Fsp3) is 0.923. The topological polar surface area (TPSA) is 49.6 Å².